The van der Waals surface area contributed by atoms with Gasteiger partial charge in [0.1, 0.15) is 0 Å². The van der Waals surface area contributed by atoms with Gasteiger partial charge in [0.2, 0.25) is 0 Å². The maximum atomic E-state index is 13.7. The Balaban J connectivity index is 1.41. The summed E-state index contributed by atoms with van der Waals surface area (Å²) >= 11 is 0. The predicted molar refractivity (Wildman–Crippen MR) is 146 cm³/mol. The maximum Gasteiger partial charge on any atom is 0.323 e. The number of carbonyl (C=O) groups is 2. The minimum atomic E-state index is -0.320. The Kier molecular flexibility index (Phi) is 6.94. The summed E-state index contributed by atoms with van der Waals surface area (Å²) in [6.45, 7) is 7.21. The molecule has 6 nitrogen and oxygen atoms in total. The van der Waals surface area contributed by atoms with E-state index in [0.29, 0.717) is 11.3 Å². The summed E-state index contributed by atoms with van der Waals surface area (Å²) in [4.78, 5) is 30.8. The molecule has 0 radical (unpaired) electrons. The summed E-state index contributed by atoms with van der Waals surface area (Å²) in [5.74, 6) is 0.0437. The number of hydrogen-bond donors (Lipinski definition) is 2. The maximum absolute atomic E-state index is 13.7. The van der Waals surface area contributed by atoms with Gasteiger partial charge in [-0.25, -0.2) is 4.79 Å². The van der Waals surface area contributed by atoms with Crippen molar-refractivity contribution in [2.24, 2.45) is 0 Å². The number of aryl methyl sites for hydroxylation is 1. The van der Waals surface area contributed by atoms with Gasteiger partial charge in [-0.3, -0.25) is 4.79 Å². The first-order chi connectivity index (χ1) is 17.5. The lowest BCUT2D eigenvalue weighted by atomic mass is 9.98. The fourth-order valence-electron chi connectivity index (χ4n) is 5.20. The molecular formula is C30H34N4O2. The Morgan fingerprint density at radius 2 is 1.58 bits per heavy atom. The normalized spacial score (nSPS) is 15.3. The predicted octanol–water partition coefficient (Wildman–Crippen LogP) is 6.14. The van der Waals surface area contributed by atoms with E-state index in [1.54, 1.807) is 0 Å². The average molecular weight is 483 g/mol. The first-order valence-corrected chi connectivity index (χ1v) is 12.9. The van der Waals surface area contributed by atoms with Crippen LogP contribution in [0.5, 0.6) is 0 Å². The van der Waals surface area contributed by atoms with Crippen molar-refractivity contribution >= 4 is 29.0 Å². The molecule has 3 aromatic rings. The molecule has 0 bridgehead atoms. The Morgan fingerprint density at radius 1 is 0.806 bits per heavy atom. The van der Waals surface area contributed by atoms with E-state index in [4.69, 9.17) is 0 Å². The van der Waals surface area contributed by atoms with Crippen LogP contribution in [0.2, 0.25) is 0 Å². The zero-order valence-corrected chi connectivity index (χ0v) is 21.1. The van der Waals surface area contributed by atoms with E-state index < -0.39 is 0 Å². The van der Waals surface area contributed by atoms with Gasteiger partial charge in [0.15, 0.2) is 0 Å². The third-order valence-electron chi connectivity index (χ3n) is 7.45. The van der Waals surface area contributed by atoms with E-state index in [-0.39, 0.29) is 11.9 Å². The number of nitrogens with one attached hydrogen (secondary N) is 2. The van der Waals surface area contributed by atoms with Crippen molar-refractivity contribution in [1.29, 1.82) is 0 Å². The largest absolute Gasteiger partial charge is 0.366 e. The number of piperidine rings is 1. The van der Waals surface area contributed by atoms with E-state index in [0.717, 1.165) is 67.9 Å². The van der Waals surface area contributed by atoms with Crippen LogP contribution in [0, 0.1) is 13.8 Å². The highest BCUT2D eigenvalue weighted by Crippen LogP contribution is 2.31. The van der Waals surface area contributed by atoms with Gasteiger partial charge >= 0.3 is 6.03 Å². The standard InChI is InChI=1S/C30H34N4O2/c1-21-9-8-12-27(22(21)2)32-30(36)31-25-13-14-28(26(19-25)29(35)33-16-6-3-7-17-33)34-18-15-23-10-4-5-11-24(23)20-34/h4-5,8-14,19H,3,6-7,15-18,20H2,1-2H3,(H2,31,32,36). The quantitative estimate of drug-likeness (QED) is 0.470. The fourth-order valence-corrected chi connectivity index (χ4v) is 5.20. The van der Waals surface area contributed by atoms with E-state index >= 15 is 0 Å². The molecule has 0 aromatic heterocycles. The van der Waals surface area contributed by atoms with Crippen LogP contribution in [-0.4, -0.2) is 36.5 Å². The monoisotopic (exact) mass is 482 g/mol. The molecule has 5 rings (SSSR count). The number of benzene rings is 3. The minimum absolute atomic E-state index is 0.0437. The Hall–Kier alpha value is -3.80. The number of rotatable bonds is 4. The number of fused-ring (bicyclic) bond motifs is 1. The zero-order valence-electron chi connectivity index (χ0n) is 21.1. The van der Waals surface area contributed by atoms with Gasteiger partial charge in [-0.05, 0) is 86.1 Å². The van der Waals surface area contributed by atoms with Crippen LogP contribution in [0.4, 0.5) is 21.9 Å². The molecule has 2 aliphatic heterocycles. The summed E-state index contributed by atoms with van der Waals surface area (Å²) < 4.78 is 0. The van der Waals surface area contributed by atoms with E-state index in [1.807, 2.05) is 55.1 Å². The van der Waals surface area contributed by atoms with Crippen molar-refractivity contribution < 1.29 is 9.59 Å². The first kappa shape index (κ1) is 23.9. The minimum Gasteiger partial charge on any atom is -0.366 e. The van der Waals surface area contributed by atoms with Crippen molar-refractivity contribution in [3.05, 3.63) is 88.5 Å². The van der Waals surface area contributed by atoms with Gasteiger partial charge in [-0.15, -0.1) is 0 Å². The number of urea groups is 1. The molecule has 186 valence electrons. The second-order valence-electron chi connectivity index (χ2n) is 9.85. The van der Waals surface area contributed by atoms with Crippen molar-refractivity contribution in [2.45, 2.75) is 46.1 Å². The number of nitrogens with zero attached hydrogens (tertiary/aromatic N) is 2. The van der Waals surface area contributed by atoms with Gasteiger partial charge in [-0.2, -0.15) is 0 Å². The Labute approximate surface area is 213 Å². The lowest BCUT2D eigenvalue weighted by Gasteiger charge is -2.34. The highest BCUT2D eigenvalue weighted by atomic mass is 16.2. The lowest BCUT2D eigenvalue weighted by molar-refractivity contribution is 0.0725. The molecule has 0 saturated carbocycles. The molecule has 3 amide bonds. The third-order valence-corrected chi connectivity index (χ3v) is 7.45. The van der Waals surface area contributed by atoms with Gasteiger partial charge in [0.05, 0.1) is 5.56 Å². The average Bonchev–Trinajstić information content (AvgIpc) is 2.91. The zero-order chi connectivity index (χ0) is 25.1. The second kappa shape index (κ2) is 10.4. The van der Waals surface area contributed by atoms with Crippen LogP contribution in [0.1, 0.15) is 51.9 Å². The number of hydrogen-bond acceptors (Lipinski definition) is 3. The smallest absolute Gasteiger partial charge is 0.323 e. The molecule has 1 fully saturated rings. The summed E-state index contributed by atoms with van der Waals surface area (Å²) in [5.41, 5.74) is 7.81. The van der Waals surface area contributed by atoms with Crippen molar-refractivity contribution in [3.8, 4) is 0 Å². The van der Waals surface area contributed by atoms with Gasteiger partial charge in [0, 0.05) is 43.2 Å². The number of carbonyl (C=O) groups excluding carboxylic acids is 2. The summed E-state index contributed by atoms with van der Waals surface area (Å²) in [6.07, 6.45) is 4.19. The highest BCUT2D eigenvalue weighted by molar-refractivity contribution is 6.04. The van der Waals surface area contributed by atoms with Crippen molar-refractivity contribution in [3.63, 3.8) is 0 Å². The van der Waals surface area contributed by atoms with Crippen LogP contribution in [-0.2, 0) is 13.0 Å². The summed E-state index contributed by atoms with van der Waals surface area (Å²) in [7, 11) is 0. The molecule has 0 aliphatic carbocycles. The SMILES string of the molecule is Cc1cccc(NC(=O)Nc2ccc(N3CCc4ccccc4C3)c(C(=O)N3CCCCC3)c2)c1C. The van der Waals surface area contributed by atoms with Crippen LogP contribution < -0.4 is 15.5 Å². The summed E-state index contributed by atoms with van der Waals surface area (Å²) in [6, 6.07) is 19.8. The number of likely N-dealkylation sites (tertiary alicyclic amines) is 1. The Morgan fingerprint density at radius 3 is 2.39 bits per heavy atom. The molecule has 2 aliphatic rings. The van der Waals surface area contributed by atoms with Crippen LogP contribution in [0.25, 0.3) is 0 Å². The van der Waals surface area contributed by atoms with Crippen molar-refractivity contribution in [1.82, 2.24) is 4.90 Å². The Bertz CT molecular complexity index is 1280. The highest BCUT2D eigenvalue weighted by Gasteiger charge is 2.26. The van der Waals surface area contributed by atoms with Crippen LogP contribution in [0.3, 0.4) is 0 Å². The second-order valence-corrected chi connectivity index (χ2v) is 9.85. The molecule has 2 heterocycles. The van der Waals surface area contributed by atoms with Crippen molar-refractivity contribution in [2.75, 3.05) is 35.2 Å². The number of amides is 3. The molecular weight excluding hydrogens is 448 g/mol. The molecule has 2 N–H and O–H groups in total. The molecule has 1 saturated heterocycles. The molecule has 6 heteroatoms. The van der Waals surface area contributed by atoms with Gasteiger partial charge in [-0.1, -0.05) is 36.4 Å². The number of anilines is 3. The molecule has 36 heavy (non-hydrogen) atoms. The summed E-state index contributed by atoms with van der Waals surface area (Å²) in [5, 5.41) is 5.89. The van der Waals surface area contributed by atoms with Crippen LogP contribution in [0.15, 0.2) is 60.7 Å². The first-order valence-electron chi connectivity index (χ1n) is 12.9. The lowest BCUT2D eigenvalue weighted by Crippen LogP contribution is -2.38. The molecule has 0 atom stereocenters. The molecule has 3 aromatic carbocycles. The van der Waals surface area contributed by atoms with E-state index in [9.17, 15) is 9.59 Å². The van der Waals surface area contributed by atoms with E-state index in [2.05, 4.69) is 39.8 Å². The van der Waals surface area contributed by atoms with Gasteiger partial charge in [0.25, 0.3) is 5.91 Å². The van der Waals surface area contributed by atoms with Gasteiger partial charge < -0.3 is 20.4 Å². The van der Waals surface area contributed by atoms with E-state index in [1.165, 1.54) is 17.5 Å². The third kappa shape index (κ3) is 5.08. The fraction of sp³-hybridized carbons (Fsp3) is 0.333. The molecule has 0 spiro atoms. The topological polar surface area (TPSA) is 64.7 Å². The molecule has 0 unspecified atom stereocenters. The van der Waals surface area contributed by atoms with Crippen LogP contribution >= 0.6 is 0 Å².